The quantitative estimate of drug-likeness (QED) is 0.769. The maximum absolute atomic E-state index is 12.3. The molecule has 0 aliphatic rings. The fourth-order valence-corrected chi connectivity index (χ4v) is 3.01. The Morgan fingerprint density at radius 3 is 2.58 bits per heavy atom. The van der Waals surface area contributed by atoms with Crippen molar-refractivity contribution in [1.29, 1.82) is 0 Å². The highest BCUT2D eigenvalue weighted by molar-refractivity contribution is 7.92. The van der Waals surface area contributed by atoms with Crippen LogP contribution in [0.1, 0.15) is 11.3 Å². The normalized spacial score (nSPS) is 11.5. The molecule has 0 bridgehead atoms. The number of rotatable bonds is 5. The standard InChI is InChI=1S/C12H16N4O2S/c1-9-11(8-13-2)12(15-14-9)19(17,18)16-10-6-4-3-5-7-10/h3-7,13,16H,8H2,1-2H3,(H,14,15). The minimum atomic E-state index is -3.68. The molecule has 2 rings (SSSR count). The summed E-state index contributed by atoms with van der Waals surface area (Å²) in [7, 11) is -1.92. The molecule has 1 heterocycles. The Kier molecular flexibility index (Phi) is 3.87. The van der Waals surface area contributed by atoms with Crippen molar-refractivity contribution in [2.45, 2.75) is 18.5 Å². The summed E-state index contributed by atoms with van der Waals surface area (Å²) in [6, 6.07) is 8.73. The molecule has 0 unspecified atom stereocenters. The van der Waals surface area contributed by atoms with Crippen LogP contribution in [-0.4, -0.2) is 25.7 Å². The van der Waals surface area contributed by atoms with Gasteiger partial charge in [-0.2, -0.15) is 13.5 Å². The van der Waals surface area contributed by atoms with Gasteiger partial charge in [-0.05, 0) is 26.1 Å². The largest absolute Gasteiger partial charge is 0.316 e. The average Bonchev–Trinajstić information content (AvgIpc) is 2.73. The third-order valence-corrected chi connectivity index (χ3v) is 4.02. The van der Waals surface area contributed by atoms with Gasteiger partial charge in [0.15, 0.2) is 0 Å². The Balaban J connectivity index is 2.35. The third-order valence-electron chi connectivity index (χ3n) is 2.67. The van der Waals surface area contributed by atoms with E-state index in [0.717, 1.165) is 5.69 Å². The third kappa shape index (κ3) is 2.94. The summed E-state index contributed by atoms with van der Waals surface area (Å²) in [4.78, 5) is 0. The lowest BCUT2D eigenvalue weighted by Gasteiger charge is -2.07. The smallest absolute Gasteiger partial charge is 0.281 e. The fraction of sp³-hybridized carbons (Fsp3) is 0.250. The predicted molar refractivity (Wildman–Crippen MR) is 73.3 cm³/mol. The van der Waals surface area contributed by atoms with Crippen LogP contribution >= 0.6 is 0 Å². The highest BCUT2D eigenvalue weighted by Crippen LogP contribution is 2.19. The van der Waals surface area contributed by atoms with E-state index in [-0.39, 0.29) is 5.03 Å². The van der Waals surface area contributed by atoms with Gasteiger partial charge < -0.3 is 5.32 Å². The van der Waals surface area contributed by atoms with Crippen molar-refractivity contribution in [3.8, 4) is 0 Å². The van der Waals surface area contributed by atoms with Crippen LogP contribution in [0.3, 0.4) is 0 Å². The number of nitrogens with one attached hydrogen (secondary N) is 3. The molecular weight excluding hydrogens is 264 g/mol. The van der Waals surface area contributed by atoms with Crippen LogP contribution in [0, 0.1) is 6.92 Å². The molecule has 0 saturated heterocycles. The molecule has 0 atom stereocenters. The molecule has 102 valence electrons. The van der Waals surface area contributed by atoms with Crippen molar-refractivity contribution in [2.75, 3.05) is 11.8 Å². The number of anilines is 1. The van der Waals surface area contributed by atoms with Crippen LogP contribution in [0.5, 0.6) is 0 Å². The Labute approximate surface area is 112 Å². The number of nitrogens with zero attached hydrogens (tertiary/aromatic N) is 1. The van der Waals surface area contributed by atoms with Crippen LogP contribution in [0.25, 0.3) is 0 Å². The summed E-state index contributed by atoms with van der Waals surface area (Å²) in [5.74, 6) is 0. The van der Waals surface area contributed by atoms with E-state index in [2.05, 4.69) is 20.2 Å². The predicted octanol–water partition coefficient (Wildman–Crippen LogP) is 1.24. The molecule has 0 fully saturated rings. The van der Waals surface area contributed by atoms with Crippen LogP contribution in [0.15, 0.2) is 35.4 Å². The maximum atomic E-state index is 12.3. The lowest BCUT2D eigenvalue weighted by Crippen LogP contribution is -2.17. The lowest BCUT2D eigenvalue weighted by atomic mass is 10.3. The summed E-state index contributed by atoms with van der Waals surface area (Å²) in [5, 5.41) is 9.56. The first-order valence-corrected chi connectivity index (χ1v) is 7.29. The van der Waals surface area contributed by atoms with Gasteiger partial charge in [-0.3, -0.25) is 9.82 Å². The van der Waals surface area contributed by atoms with Gasteiger partial charge in [-0.1, -0.05) is 18.2 Å². The second-order valence-corrected chi connectivity index (χ2v) is 5.73. The zero-order chi connectivity index (χ0) is 13.9. The number of H-pyrrole nitrogens is 1. The molecule has 0 saturated carbocycles. The summed E-state index contributed by atoms with van der Waals surface area (Å²) in [6.07, 6.45) is 0. The van der Waals surface area contributed by atoms with Gasteiger partial charge in [0.25, 0.3) is 10.0 Å². The summed E-state index contributed by atoms with van der Waals surface area (Å²) >= 11 is 0. The van der Waals surface area contributed by atoms with Gasteiger partial charge in [-0.25, -0.2) is 0 Å². The first kappa shape index (κ1) is 13.6. The van der Waals surface area contributed by atoms with Crippen molar-refractivity contribution in [3.05, 3.63) is 41.6 Å². The number of para-hydroxylation sites is 1. The number of aryl methyl sites for hydroxylation is 1. The summed E-state index contributed by atoms with van der Waals surface area (Å²) < 4.78 is 27.1. The van der Waals surface area contributed by atoms with Crippen LogP contribution in [0.4, 0.5) is 5.69 Å². The van der Waals surface area contributed by atoms with Crippen LogP contribution < -0.4 is 10.0 Å². The lowest BCUT2D eigenvalue weighted by molar-refractivity contribution is 0.595. The van der Waals surface area contributed by atoms with Gasteiger partial charge in [-0.15, -0.1) is 0 Å². The minimum absolute atomic E-state index is 0.0307. The van der Waals surface area contributed by atoms with Crippen molar-refractivity contribution in [3.63, 3.8) is 0 Å². The van der Waals surface area contributed by atoms with E-state index in [1.165, 1.54) is 0 Å². The Morgan fingerprint density at radius 1 is 1.26 bits per heavy atom. The highest BCUT2D eigenvalue weighted by Gasteiger charge is 2.23. The van der Waals surface area contributed by atoms with Crippen LogP contribution in [-0.2, 0) is 16.6 Å². The first-order chi connectivity index (χ1) is 9.04. The van der Waals surface area contributed by atoms with E-state index in [4.69, 9.17) is 0 Å². The molecule has 6 nitrogen and oxygen atoms in total. The molecule has 0 spiro atoms. The second kappa shape index (κ2) is 5.41. The van der Waals surface area contributed by atoms with E-state index in [9.17, 15) is 8.42 Å². The van der Waals surface area contributed by atoms with E-state index in [1.54, 1.807) is 38.2 Å². The maximum Gasteiger partial charge on any atom is 0.281 e. The monoisotopic (exact) mass is 280 g/mol. The van der Waals surface area contributed by atoms with E-state index < -0.39 is 10.0 Å². The molecule has 3 N–H and O–H groups in total. The number of hydrogen-bond donors (Lipinski definition) is 3. The summed E-state index contributed by atoms with van der Waals surface area (Å²) in [5.41, 5.74) is 1.90. The molecule has 19 heavy (non-hydrogen) atoms. The second-order valence-electron chi connectivity index (χ2n) is 4.13. The van der Waals surface area contributed by atoms with Gasteiger partial charge in [0.1, 0.15) is 0 Å². The molecule has 2 aromatic rings. The van der Waals surface area contributed by atoms with Crippen LogP contribution in [0.2, 0.25) is 0 Å². The molecule has 0 amide bonds. The highest BCUT2D eigenvalue weighted by atomic mass is 32.2. The number of aromatic amines is 1. The Bertz CT molecular complexity index is 650. The zero-order valence-corrected chi connectivity index (χ0v) is 11.6. The number of hydrogen-bond acceptors (Lipinski definition) is 4. The molecule has 7 heteroatoms. The Morgan fingerprint density at radius 2 is 1.95 bits per heavy atom. The van der Waals surface area contributed by atoms with E-state index >= 15 is 0 Å². The topological polar surface area (TPSA) is 86.9 Å². The average molecular weight is 280 g/mol. The molecule has 1 aromatic heterocycles. The van der Waals surface area contributed by atoms with Crippen molar-refractivity contribution < 1.29 is 8.42 Å². The number of benzene rings is 1. The van der Waals surface area contributed by atoms with Crippen molar-refractivity contribution in [1.82, 2.24) is 15.5 Å². The summed E-state index contributed by atoms with van der Waals surface area (Å²) in [6.45, 7) is 2.23. The molecule has 0 aliphatic carbocycles. The van der Waals surface area contributed by atoms with Gasteiger partial charge >= 0.3 is 0 Å². The number of sulfonamides is 1. The minimum Gasteiger partial charge on any atom is -0.316 e. The van der Waals surface area contributed by atoms with Gasteiger partial charge in [0.2, 0.25) is 5.03 Å². The number of aromatic nitrogens is 2. The SMILES string of the molecule is CNCc1c(S(=O)(=O)Nc2ccccc2)n[nH]c1C. The van der Waals surface area contributed by atoms with Gasteiger partial charge in [0, 0.05) is 23.5 Å². The Hall–Kier alpha value is -1.86. The van der Waals surface area contributed by atoms with Crippen molar-refractivity contribution in [2.24, 2.45) is 0 Å². The van der Waals surface area contributed by atoms with E-state index in [0.29, 0.717) is 17.8 Å². The molecular formula is C12H16N4O2S. The molecule has 1 aromatic carbocycles. The van der Waals surface area contributed by atoms with E-state index in [1.807, 2.05) is 6.07 Å². The zero-order valence-electron chi connectivity index (χ0n) is 10.8. The first-order valence-electron chi connectivity index (χ1n) is 5.81. The molecule has 0 radical (unpaired) electrons. The fourth-order valence-electron chi connectivity index (χ4n) is 1.75. The molecule has 0 aliphatic heterocycles. The van der Waals surface area contributed by atoms with Gasteiger partial charge in [0.05, 0.1) is 0 Å². The van der Waals surface area contributed by atoms with Crippen molar-refractivity contribution >= 4 is 15.7 Å².